The summed E-state index contributed by atoms with van der Waals surface area (Å²) in [6.07, 6.45) is 1.86. The van der Waals surface area contributed by atoms with Crippen molar-refractivity contribution >= 4 is 5.78 Å². The lowest BCUT2D eigenvalue weighted by Gasteiger charge is -1.91. The van der Waals surface area contributed by atoms with Crippen LogP contribution in [0.1, 0.15) is 18.8 Å². The average molecular weight is 137 g/mol. The Labute approximate surface area is 61.6 Å². The zero-order valence-electron chi connectivity index (χ0n) is 7.16. The Morgan fingerprint density at radius 1 is 1.60 bits per heavy atom. The Kier molecular flexibility index (Phi) is 1.81. The van der Waals surface area contributed by atoms with Crippen molar-refractivity contribution in [3.63, 3.8) is 0 Å². The first-order valence-electron chi connectivity index (χ1n) is 3.17. The predicted molar refractivity (Wildman–Crippen MR) is 38.7 cm³/mol. The number of nitrogens with zero attached hydrogens (tertiary/aromatic N) is 1. The van der Waals surface area contributed by atoms with Crippen molar-refractivity contribution in [2.45, 2.75) is 6.92 Å². The van der Waals surface area contributed by atoms with Gasteiger partial charge in [0, 0.05) is 19.1 Å². The maximum absolute atomic E-state index is 10.8. The third kappa shape index (κ3) is 1.21. The molecule has 0 amide bonds. The molecule has 1 aromatic heterocycles. The zero-order valence-corrected chi connectivity index (χ0v) is 6.16. The van der Waals surface area contributed by atoms with Crippen LogP contribution in [0.2, 0.25) is 0 Å². The number of rotatable bonds is 1. The highest BCUT2D eigenvalue weighted by Crippen LogP contribution is 1.90. The number of hydrogen-bond acceptors (Lipinski definition) is 1. The molecule has 0 radical (unpaired) electrons. The van der Waals surface area contributed by atoms with E-state index in [-0.39, 0.29) is 7.21 Å². The Bertz CT molecular complexity index is 260. The number of carbonyl (C=O) groups excluding carboxylic acids is 1. The standard InChI is InChI=1S/C8H10NO/c1-7(10)8-5-3-4-6-9(8)2/h3-6H,1-2H3/q+1/p+1. The fourth-order valence-corrected chi connectivity index (χ4v) is 0.889. The summed E-state index contributed by atoms with van der Waals surface area (Å²) in [5.41, 5.74) is 0.738. The highest BCUT2D eigenvalue weighted by Gasteiger charge is 2.08. The van der Waals surface area contributed by atoms with Crippen molar-refractivity contribution < 1.29 is 10.8 Å². The van der Waals surface area contributed by atoms with E-state index in [9.17, 15) is 4.79 Å². The van der Waals surface area contributed by atoms with Gasteiger partial charge >= 0.3 is 1.43 Å². The van der Waals surface area contributed by atoms with Crippen molar-refractivity contribution in [3.8, 4) is 0 Å². The van der Waals surface area contributed by atoms with Crippen molar-refractivity contribution in [1.29, 1.82) is 0 Å². The van der Waals surface area contributed by atoms with Gasteiger partial charge in [0.05, 0.1) is 0 Å². The number of pyridine rings is 1. The van der Waals surface area contributed by atoms with E-state index in [1.165, 1.54) is 0 Å². The molecular weight excluding hydrogens is 126 g/mol. The molecular formula is C8H11NO+2. The number of hydrogen-bond donors (Lipinski definition) is 0. The molecule has 0 aromatic carbocycles. The van der Waals surface area contributed by atoms with E-state index >= 15 is 0 Å². The molecule has 0 N–H and O–H groups in total. The first-order valence-corrected chi connectivity index (χ1v) is 3.17. The minimum Gasteiger partial charge on any atom is -0.288 e. The van der Waals surface area contributed by atoms with Crippen LogP contribution in [0.4, 0.5) is 0 Å². The van der Waals surface area contributed by atoms with E-state index in [0.717, 1.165) is 5.69 Å². The van der Waals surface area contributed by atoms with E-state index < -0.39 is 0 Å². The van der Waals surface area contributed by atoms with E-state index in [1.807, 2.05) is 36.0 Å². The second kappa shape index (κ2) is 2.60. The van der Waals surface area contributed by atoms with Gasteiger partial charge in [-0.05, 0) is 6.07 Å². The quantitative estimate of drug-likeness (QED) is 0.415. The van der Waals surface area contributed by atoms with Gasteiger partial charge in [0.15, 0.2) is 6.20 Å². The molecule has 1 rings (SSSR count). The summed E-state index contributed by atoms with van der Waals surface area (Å²) in [6, 6.07) is 5.56. The molecule has 0 atom stereocenters. The van der Waals surface area contributed by atoms with Gasteiger partial charge < -0.3 is 0 Å². The van der Waals surface area contributed by atoms with Crippen molar-refractivity contribution in [1.82, 2.24) is 0 Å². The number of carbonyl (C=O) groups is 1. The van der Waals surface area contributed by atoms with Crippen molar-refractivity contribution in [2.75, 3.05) is 0 Å². The lowest BCUT2D eigenvalue weighted by molar-refractivity contribution is -0.673. The Morgan fingerprint density at radius 2 is 2.30 bits per heavy atom. The summed E-state index contributed by atoms with van der Waals surface area (Å²) in [5, 5.41) is 0. The van der Waals surface area contributed by atoms with Gasteiger partial charge in [0.25, 0.3) is 0 Å². The van der Waals surface area contributed by atoms with Gasteiger partial charge in [0.1, 0.15) is 7.05 Å². The largest absolute Gasteiger partial charge is 1.00 e. The molecule has 1 aromatic rings. The highest BCUT2D eigenvalue weighted by atomic mass is 16.1. The summed E-state index contributed by atoms with van der Waals surface area (Å²) >= 11 is 0. The van der Waals surface area contributed by atoms with Gasteiger partial charge in [-0.3, -0.25) is 4.79 Å². The SMILES string of the molecule is CC(=O)c1cccc[n+]1C.[H+]. The third-order valence-electron chi connectivity index (χ3n) is 1.42. The molecule has 0 fully saturated rings. The molecule has 10 heavy (non-hydrogen) atoms. The summed E-state index contributed by atoms with van der Waals surface area (Å²) in [4.78, 5) is 10.8. The molecule has 0 spiro atoms. The molecule has 52 valence electrons. The second-order valence-corrected chi connectivity index (χ2v) is 2.25. The molecule has 0 aliphatic carbocycles. The molecule has 2 heteroatoms. The molecule has 1 heterocycles. The molecule has 2 nitrogen and oxygen atoms in total. The molecule has 0 saturated heterocycles. The smallest absolute Gasteiger partial charge is 0.288 e. The van der Waals surface area contributed by atoms with Gasteiger partial charge in [-0.1, -0.05) is 0 Å². The molecule has 0 aliphatic heterocycles. The maximum atomic E-state index is 10.8. The molecule has 0 bridgehead atoms. The summed E-state index contributed by atoms with van der Waals surface area (Å²) < 4.78 is 1.81. The number of aryl methyl sites for hydroxylation is 1. The summed E-state index contributed by atoms with van der Waals surface area (Å²) in [5.74, 6) is 0.100. The summed E-state index contributed by atoms with van der Waals surface area (Å²) in [6.45, 7) is 1.56. The van der Waals surface area contributed by atoms with Gasteiger partial charge in [-0.25, -0.2) is 0 Å². The van der Waals surface area contributed by atoms with Crippen LogP contribution in [0.3, 0.4) is 0 Å². The average Bonchev–Trinajstić information content (AvgIpc) is 1.88. The monoisotopic (exact) mass is 137 g/mol. The topological polar surface area (TPSA) is 20.9 Å². The van der Waals surface area contributed by atoms with Gasteiger partial charge in [-0.2, -0.15) is 4.57 Å². The first-order chi connectivity index (χ1) is 4.72. The van der Waals surface area contributed by atoms with Crippen LogP contribution in [-0.2, 0) is 7.05 Å². The Hall–Kier alpha value is -1.18. The third-order valence-corrected chi connectivity index (χ3v) is 1.42. The Morgan fingerprint density at radius 3 is 2.70 bits per heavy atom. The molecule has 0 unspecified atom stereocenters. The van der Waals surface area contributed by atoms with Crippen LogP contribution in [0.25, 0.3) is 0 Å². The molecule has 0 aliphatic rings. The second-order valence-electron chi connectivity index (χ2n) is 2.25. The van der Waals surface area contributed by atoms with Crippen LogP contribution in [0, 0.1) is 0 Å². The van der Waals surface area contributed by atoms with Crippen LogP contribution < -0.4 is 4.57 Å². The fraction of sp³-hybridized carbons (Fsp3) is 0.250. The van der Waals surface area contributed by atoms with E-state index in [0.29, 0.717) is 0 Å². The van der Waals surface area contributed by atoms with Crippen LogP contribution in [0.5, 0.6) is 0 Å². The fourth-order valence-electron chi connectivity index (χ4n) is 0.889. The lowest BCUT2D eigenvalue weighted by Crippen LogP contribution is -2.34. The van der Waals surface area contributed by atoms with Crippen LogP contribution in [-0.4, -0.2) is 5.78 Å². The number of Topliss-reactive ketones (excluding diaryl/α,β-unsaturated/α-hetero) is 1. The summed E-state index contributed by atoms with van der Waals surface area (Å²) in [7, 11) is 1.86. The van der Waals surface area contributed by atoms with Crippen LogP contribution in [0.15, 0.2) is 24.4 Å². The maximum Gasteiger partial charge on any atom is 1.00 e. The minimum atomic E-state index is 0. The Balaban J connectivity index is 0.000001000. The predicted octanol–water partition coefficient (Wildman–Crippen LogP) is 0.826. The van der Waals surface area contributed by atoms with E-state index in [2.05, 4.69) is 0 Å². The number of ketones is 1. The minimum absolute atomic E-state index is 0. The highest BCUT2D eigenvalue weighted by molar-refractivity contribution is 5.90. The zero-order chi connectivity index (χ0) is 7.56. The van der Waals surface area contributed by atoms with Crippen molar-refractivity contribution in [3.05, 3.63) is 30.1 Å². The van der Waals surface area contributed by atoms with Gasteiger partial charge in [-0.15, -0.1) is 0 Å². The van der Waals surface area contributed by atoms with E-state index in [4.69, 9.17) is 0 Å². The van der Waals surface area contributed by atoms with E-state index in [1.54, 1.807) is 6.92 Å². The first kappa shape index (κ1) is 6.93. The van der Waals surface area contributed by atoms with Crippen molar-refractivity contribution in [2.24, 2.45) is 7.05 Å². The number of aromatic nitrogens is 1. The molecule has 0 saturated carbocycles. The van der Waals surface area contributed by atoms with Crippen LogP contribution >= 0.6 is 0 Å². The lowest BCUT2D eigenvalue weighted by atomic mass is 10.3. The normalized spacial score (nSPS) is 9.40. The van der Waals surface area contributed by atoms with Gasteiger partial charge in [0.2, 0.25) is 11.5 Å².